The highest BCUT2D eigenvalue weighted by Gasteiger charge is 2.15. The number of pyridine rings is 1. The quantitative estimate of drug-likeness (QED) is 0.539. The second kappa shape index (κ2) is 9.10. The Hall–Kier alpha value is -1.91. The summed E-state index contributed by atoms with van der Waals surface area (Å²) in [6.07, 6.45) is 4.63. The van der Waals surface area contributed by atoms with Crippen molar-refractivity contribution in [2.75, 3.05) is 19.7 Å². The van der Waals surface area contributed by atoms with Crippen LogP contribution < -0.4 is 4.57 Å². The fourth-order valence-corrected chi connectivity index (χ4v) is 1.98. The van der Waals surface area contributed by atoms with Crippen molar-refractivity contribution in [3.8, 4) is 0 Å². The molecule has 116 valence electrons. The molecule has 5 nitrogen and oxygen atoms in total. The first kappa shape index (κ1) is 17.1. The smallest absolute Gasteiger partial charge is 0.307 e. The van der Waals surface area contributed by atoms with Crippen LogP contribution in [0.25, 0.3) is 0 Å². The van der Waals surface area contributed by atoms with Crippen LogP contribution in [0.15, 0.2) is 24.5 Å². The van der Waals surface area contributed by atoms with E-state index in [4.69, 9.17) is 4.74 Å². The Labute approximate surface area is 126 Å². The lowest BCUT2D eigenvalue weighted by atomic mass is 10.3. The lowest BCUT2D eigenvalue weighted by Gasteiger charge is -2.19. The minimum absolute atomic E-state index is 0.0647. The third-order valence-corrected chi connectivity index (χ3v) is 3.27. The van der Waals surface area contributed by atoms with Gasteiger partial charge in [0.05, 0.1) is 19.4 Å². The molecule has 0 aliphatic rings. The highest BCUT2D eigenvalue weighted by atomic mass is 16.5. The number of amides is 1. The summed E-state index contributed by atoms with van der Waals surface area (Å²) in [7, 11) is 0. The zero-order chi connectivity index (χ0) is 15.7. The molecule has 0 aromatic carbocycles. The maximum atomic E-state index is 12.1. The summed E-state index contributed by atoms with van der Waals surface area (Å²) in [6, 6.07) is 4.03. The average molecular weight is 293 g/mol. The summed E-state index contributed by atoms with van der Waals surface area (Å²) in [5, 5.41) is 0. The van der Waals surface area contributed by atoms with Crippen molar-refractivity contribution >= 4 is 11.9 Å². The van der Waals surface area contributed by atoms with E-state index in [1.165, 1.54) is 5.56 Å². The van der Waals surface area contributed by atoms with Crippen molar-refractivity contribution in [1.29, 1.82) is 0 Å². The van der Waals surface area contributed by atoms with Crippen LogP contribution in [-0.2, 0) is 20.9 Å². The third kappa shape index (κ3) is 6.38. The van der Waals surface area contributed by atoms with E-state index in [9.17, 15) is 9.59 Å². The van der Waals surface area contributed by atoms with Gasteiger partial charge >= 0.3 is 5.97 Å². The van der Waals surface area contributed by atoms with Crippen LogP contribution in [0.2, 0.25) is 0 Å². The number of hydrogen-bond acceptors (Lipinski definition) is 3. The number of ether oxygens (including phenoxy) is 1. The number of carbonyl (C=O) groups excluding carboxylic acids is 2. The van der Waals surface area contributed by atoms with Crippen molar-refractivity contribution in [3.63, 3.8) is 0 Å². The van der Waals surface area contributed by atoms with Crippen molar-refractivity contribution in [1.82, 2.24) is 4.90 Å². The Kier molecular flexibility index (Phi) is 7.43. The van der Waals surface area contributed by atoms with Gasteiger partial charge in [0.15, 0.2) is 18.9 Å². The summed E-state index contributed by atoms with van der Waals surface area (Å²) in [6.45, 7) is 7.78. The van der Waals surface area contributed by atoms with Gasteiger partial charge in [-0.1, -0.05) is 0 Å². The molecule has 0 saturated carbocycles. The number of aromatic nitrogens is 1. The van der Waals surface area contributed by atoms with E-state index < -0.39 is 0 Å². The zero-order valence-electron chi connectivity index (χ0n) is 13.2. The number of hydrogen-bond donors (Lipinski definition) is 0. The normalized spacial score (nSPS) is 10.2. The molecule has 0 N–H and O–H groups in total. The van der Waals surface area contributed by atoms with E-state index in [0.717, 1.165) is 0 Å². The van der Waals surface area contributed by atoms with Crippen LogP contribution in [0.3, 0.4) is 0 Å². The maximum Gasteiger partial charge on any atom is 0.307 e. The first-order chi connectivity index (χ1) is 10.1. The van der Waals surface area contributed by atoms with Crippen LogP contribution in [0.5, 0.6) is 0 Å². The van der Waals surface area contributed by atoms with Gasteiger partial charge in [-0.3, -0.25) is 9.59 Å². The van der Waals surface area contributed by atoms with Crippen LogP contribution in [0, 0.1) is 6.92 Å². The molecule has 0 aliphatic carbocycles. The highest BCUT2D eigenvalue weighted by molar-refractivity contribution is 5.77. The molecule has 1 rings (SSSR count). The molecule has 1 amide bonds. The van der Waals surface area contributed by atoms with Crippen molar-refractivity contribution in [3.05, 3.63) is 30.1 Å². The van der Waals surface area contributed by atoms with Gasteiger partial charge in [-0.25, -0.2) is 4.57 Å². The number of aryl methyl sites for hydroxylation is 2. The highest BCUT2D eigenvalue weighted by Crippen LogP contribution is 1.99. The van der Waals surface area contributed by atoms with Crippen LogP contribution in [0.4, 0.5) is 0 Å². The number of rotatable bonds is 8. The van der Waals surface area contributed by atoms with E-state index in [1.54, 1.807) is 11.8 Å². The third-order valence-electron chi connectivity index (χ3n) is 3.27. The molecule has 1 heterocycles. The topological polar surface area (TPSA) is 50.5 Å². The minimum Gasteiger partial charge on any atom is -0.466 e. The predicted molar refractivity (Wildman–Crippen MR) is 79.5 cm³/mol. The van der Waals surface area contributed by atoms with Crippen molar-refractivity contribution in [2.45, 2.75) is 40.2 Å². The first-order valence-corrected chi connectivity index (χ1v) is 7.46. The second-order valence-electron chi connectivity index (χ2n) is 4.89. The first-order valence-electron chi connectivity index (χ1n) is 7.46. The number of nitrogens with zero attached hydrogens (tertiary/aromatic N) is 2. The second-order valence-corrected chi connectivity index (χ2v) is 4.89. The Bertz CT molecular complexity index is 457. The fourth-order valence-electron chi connectivity index (χ4n) is 1.98. The number of carbonyl (C=O) groups is 2. The summed E-state index contributed by atoms with van der Waals surface area (Å²) >= 11 is 0. The lowest BCUT2D eigenvalue weighted by molar-refractivity contribution is -0.696. The van der Waals surface area contributed by atoms with Gasteiger partial charge in [0.25, 0.3) is 0 Å². The molecule has 1 aromatic heterocycles. The molecule has 21 heavy (non-hydrogen) atoms. The summed E-state index contributed by atoms with van der Waals surface area (Å²) in [5.41, 5.74) is 1.20. The zero-order valence-corrected chi connectivity index (χ0v) is 13.2. The fraction of sp³-hybridized carbons (Fsp3) is 0.562. The van der Waals surface area contributed by atoms with Crippen molar-refractivity contribution < 1.29 is 18.9 Å². The van der Waals surface area contributed by atoms with E-state index in [1.807, 2.05) is 42.9 Å². The molecule has 0 atom stereocenters. The Morgan fingerprint density at radius 3 is 2.43 bits per heavy atom. The van der Waals surface area contributed by atoms with E-state index in [0.29, 0.717) is 32.7 Å². The van der Waals surface area contributed by atoms with Gasteiger partial charge in [0.1, 0.15) is 0 Å². The standard InChI is InChI=1S/C16H25N2O3/c1-4-18(13-9-16(20)21-5-2)15(19)8-12-17-10-6-14(3)7-11-17/h6-7,10-11H,4-5,8-9,12-13H2,1-3H3/q+1. The van der Waals surface area contributed by atoms with E-state index in [2.05, 4.69) is 0 Å². The molecule has 0 bridgehead atoms. The molecule has 5 heteroatoms. The van der Waals surface area contributed by atoms with Gasteiger partial charge in [0, 0.05) is 25.2 Å². The molecular formula is C16H25N2O3+. The van der Waals surface area contributed by atoms with Gasteiger partial charge in [-0.05, 0) is 26.3 Å². The largest absolute Gasteiger partial charge is 0.466 e. The molecule has 0 fully saturated rings. The van der Waals surface area contributed by atoms with Crippen molar-refractivity contribution in [2.24, 2.45) is 0 Å². The van der Waals surface area contributed by atoms with Crippen LogP contribution in [-0.4, -0.2) is 36.5 Å². The van der Waals surface area contributed by atoms with Gasteiger partial charge in [0.2, 0.25) is 5.91 Å². The van der Waals surface area contributed by atoms with E-state index in [-0.39, 0.29) is 18.3 Å². The minimum atomic E-state index is -0.253. The SMILES string of the molecule is CCOC(=O)CCN(CC)C(=O)CC[n+]1ccc(C)cc1. The number of esters is 1. The Morgan fingerprint density at radius 1 is 1.19 bits per heavy atom. The molecule has 0 spiro atoms. The maximum absolute atomic E-state index is 12.1. The molecule has 0 radical (unpaired) electrons. The predicted octanol–water partition coefficient (Wildman–Crippen LogP) is 1.47. The molecule has 0 unspecified atom stereocenters. The lowest BCUT2D eigenvalue weighted by Crippen LogP contribution is -2.39. The Balaban J connectivity index is 2.40. The molecule has 0 saturated heterocycles. The van der Waals surface area contributed by atoms with E-state index >= 15 is 0 Å². The summed E-state index contributed by atoms with van der Waals surface area (Å²) in [5.74, 6) is -0.188. The molecule has 0 aliphatic heterocycles. The van der Waals surface area contributed by atoms with Crippen LogP contribution >= 0.6 is 0 Å². The van der Waals surface area contributed by atoms with Gasteiger partial charge in [-0.2, -0.15) is 0 Å². The average Bonchev–Trinajstić information content (AvgIpc) is 2.47. The van der Waals surface area contributed by atoms with Crippen LogP contribution in [0.1, 0.15) is 32.3 Å². The van der Waals surface area contributed by atoms with Gasteiger partial charge in [-0.15, -0.1) is 0 Å². The summed E-state index contributed by atoms with van der Waals surface area (Å²) < 4.78 is 6.87. The van der Waals surface area contributed by atoms with Gasteiger partial charge < -0.3 is 9.64 Å². The molecule has 1 aromatic rings. The monoisotopic (exact) mass is 293 g/mol. The summed E-state index contributed by atoms with van der Waals surface area (Å²) in [4.78, 5) is 25.2. The molecular weight excluding hydrogens is 268 g/mol. The Morgan fingerprint density at radius 2 is 1.86 bits per heavy atom.